The van der Waals surface area contributed by atoms with E-state index in [9.17, 15) is 19.8 Å². The number of phenolic OH excluding ortho intramolecular Hbond substituents is 1. The van der Waals surface area contributed by atoms with Gasteiger partial charge in [0.15, 0.2) is 0 Å². The molecule has 1 amide bonds. The molecule has 4 rings (SSSR count). The van der Waals surface area contributed by atoms with Crippen molar-refractivity contribution in [2.24, 2.45) is 0 Å². The number of aliphatic hydroxyl groups is 1. The topological polar surface area (TPSA) is 115 Å². The molecule has 0 bridgehead atoms. The molecule has 0 unspecified atom stereocenters. The van der Waals surface area contributed by atoms with Gasteiger partial charge in [-0.2, -0.15) is 0 Å². The van der Waals surface area contributed by atoms with Gasteiger partial charge in [-0.25, -0.2) is 0 Å². The van der Waals surface area contributed by atoms with E-state index >= 15 is 0 Å². The van der Waals surface area contributed by atoms with Crippen LogP contribution in [0, 0.1) is 0 Å². The molecule has 0 spiro atoms. The number of benzene rings is 3. The predicted octanol–water partition coefficient (Wildman–Crippen LogP) is 4.38. The van der Waals surface area contributed by atoms with Crippen LogP contribution in [0.15, 0.2) is 83.7 Å². The lowest BCUT2D eigenvalue weighted by Crippen LogP contribution is -2.32. The number of amides is 1. The largest absolute Gasteiger partial charge is 0.506 e. The lowest BCUT2D eigenvalue weighted by Gasteiger charge is -2.21. The summed E-state index contributed by atoms with van der Waals surface area (Å²) in [6.07, 6.45) is 0.874. The van der Waals surface area contributed by atoms with Gasteiger partial charge in [-0.05, 0) is 73.8 Å². The minimum absolute atomic E-state index is 0.00802. The maximum atomic E-state index is 13.0. The Labute approximate surface area is 227 Å². The number of fused-ring (bicyclic) bond motifs is 1. The van der Waals surface area contributed by atoms with Crippen molar-refractivity contribution in [3.05, 3.63) is 106 Å². The number of rotatable bonds is 13. The Morgan fingerprint density at radius 2 is 1.77 bits per heavy atom. The van der Waals surface area contributed by atoms with Crippen LogP contribution in [-0.4, -0.2) is 52.2 Å². The maximum Gasteiger partial charge on any atom is 0.253 e. The molecule has 1 heterocycles. The number of nitrogens with zero attached hydrogens (tertiary/aromatic N) is 1. The SMILES string of the molecule is CCN(CCCCNC[C@@H](O)c1ccc(O)c2[nH]c(=O)ccc12)C(=O)c1ccc(COc2ccccc2)cc1. The quantitative estimate of drug-likeness (QED) is 0.191. The number of phenols is 1. The Morgan fingerprint density at radius 3 is 2.51 bits per heavy atom. The minimum Gasteiger partial charge on any atom is -0.506 e. The van der Waals surface area contributed by atoms with Crippen molar-refractivity contribution in [2.45, 2.75) is 32.5 Å². The van der Waals surface area contributed by atoms with E-state index in [2.05, 4.69) is 10.3 Å². The van der Waals surface area contributed by atoms with Gasteiger partial charge in [-0.1, -0.05) is 36.4 Å². The molecule has 8 heteroatoms. The summed E-state index contributed by atoms with van der Waals surface area (Å²) in [6.45, 7) is 4.71. The number of pyridine rings is 1. The summed E-state index contributed by atoms with van der Waals surface area (Å²) in [4.78, 5) is 29.0. The molecule has 8 nitrogen and oxygen atoms in total. The Hall–Kier alpha value is -4.14. The molecule has 3 aromatic carbocycles. The van der Waals surface area contributed by atoms with E-state index in [1.165, 1.54) is 12.1 Å². The first-order valence-electron chi connectivity index (χ1n) is 13.3. The third-order valence-electron chi connectivity index (χ3n) is 6.65. The van der Waals surface area contributed by atoms with Crippen molar-refractivity contribution in [2.75, 3.05) is 26.2 Å². The fraction of sp³-hybridized carbons (Fsp3) is 0.290. The van der Waals surface area contributed by atoms with Crippen LogP contribution in [0.4, 0.5) is 0 Å². The standard InChI is InChI=1S/C31H35N3O5/c1-2-34(31(38)23-12-10-22(11-13-23)21-39-24-8-4-3-5-9-24)19-7-6-18-32-20-28(36)25-14-16-27(35)30-26(25)15-17-29(37)33-30/h3-5,8-17,28,32,35-36H,2,6-7,18-21H2,1H3,(H,33,37)/t28-/m1/s1. The summed E-state index contributed by atoms with van der Waals surface area (Å²) >= 11 is 0. The smallest absolute Gasteiger partial charge is 0.253 e. The molecular weight excluding hydrogens is 494 g/mol. The summed E-state index contributed by atoms with van der Waals surface area (Å²) in [5.41, 5.74) is 2.29. The number of nitrogens with one attached hydrogen (secondary N) is 2. The van der Waals surface area contributed by atoms with Crippen molar-refractivity contribution >= 4 is 16.8 Å². The zero-order valence-corrected chi connectivity index (χ0v) is 22.1. The van der Waals surface area contributed by atoms with Crippen LogP contribution in [-0.2, 0) is 6.61 Å². The van der Waals surface area contributed by atoms with E-state index in [0.29, 0.717) is 54.8 Å². The Bertz CT molecular complexity index is 1420. The number of carbonyl (C=O) groups excluding carboxylic acids is 1. The normalized spacial score (nSPS) is 11.8. The van der Waals surface area contributed by atoms with Crippen LogP contribution < -0.4 is 15.6 Å². The number of aromatic amines is 1. The van der Waals surface area contributed by atoms with Crippen LogP contribution >= 0.6 is 0 Å². The summed E-state index contributed by atoms with van der Waals surface area (Å²) in [6, 6.07) is 23.3. The number of para-hydroxylation sites is 1. The monoisotopic (exact) mass is 529 g/mol. The van der Waals surface area contributed by atoms with Gasteiger partial charge in [0.25, 0.3) is 5.91 Å². The van der Waals surface area contributed by atoms with Crippen molar-refractivity contribution in [1.29, 1.82) is 0 Å². The van der Waals surface area contributed by atoms with Gasteiger partial charge < -0.3 is 30.2 Å². The van der Waals surface area contributed by atoms with Crippen LogP contribution in [0.5, 0.6) is 11.5 Å². The second-order valence-electron chi connectivity index (χ2n) is 9.40. The van der Waals surface area contributed by atoms with Gasteiger partial charge in [-0.15, -0.1) is 0 Å². The van der Waals surface area contributed by atoms with Crippen LogP contribution in [0.25, 0.3) is 10.9 Å². The highest BCUT2D eigenvalue weighted by Gasteiger charge is 2.15. The fourth-order valence-electron chi connectivity index (χ4n) is 4.46. The van der Waals surface area contributed by atoms with Gasteiger partial charge in [0.05, 0.1) is 11.6 Å². The molecule has 4 aromatic rings. The first-order chi connectivity index (χ1) is 19.0. The number of H-pyrrole nitrogens is 1. The summed E-state index contributed by atoms with van der Waals surface area (Å²) in [5, 5.41) is 24.6. The molecule has 0 fully saturated rings. The number of aliphatic hydroxyl groups excluding tert-OH is 1. The van der Waals surface area contributed by atoms with E-state index in [1.54, 1.807) is 12.1 Å². The lowest BCUT2D eigenvalue weighted by molar-refractivity contribution is 0.0761. The molecule has 0 aliphatic carbocycles. The highest BCUT2D eigenvalue weighted by atomic mass is 16.5. The average Bonchev–Trinajstić information content (AvgIpc) is 2.96. The molecule has 0 radical (unpaired) electrons. The van der Waals surface area contributed by atoms with Gasteiger partial charge in [0.1, 0.15) is 18.1 Å². The van der Waals surface area contributed by atoms with E-state index < -0.39 is 6.10 Å². The van der Waals surface area contributed by atoms with Gasteiger partial charge in [-0.3, -0.25) is 9.59 Å². The highest BCUT2D eigenvalue weighted by Crippen LogP contribution is 2.28. The lowest BCUT2D eigenvalue weighted by atomic mass is 10.0. The third kappa shape index (κ3) is 7.46. The molecule has 0 saturated carbocycles. The van der Waals surface area contributed by atoms with Gasteiger partial charge in [0.2, 0.25) is 5.56 Å². The highest BCUT2D eigenvalue weighted by molar-refractivity contribution is 5.94. The number of hydrogen-bond acceptors (Lipinski definition) is 6. The molecule has 4 N–H and O–H groups in total. The minimum atomic E-state index is -0.797. The summed E-state index contributed by atoms with van der Waals surface area (Å²) < 4.78 is 5.77. The first-order valence-corrected chi connectivity index (χ1v) is 13.3. The Balaban J connectivity index is 1.20. The van der Waals surface area contributed by atoms with Crippen molar-refractivity contribution in [1.82, 2.24) is 15.2 Å². The number of aromatic nitrogens is 1. The predicted molar refractivity (Wildman–Crippen MR) is 152 cm³/mol. The number of unbranched alkanes of at least 4 members (excludes halogenated alkanes) is 1. The second-order valence-corrected chi connectivity index (χ2v) is 9.40. The van der Waals surface area contributed by atoms with Gasteiger partial charge >= 0.3 is 0 Å². The second kappa shape index (κ2) is 13.6. The number of ether oxygens (including phenoxy) is 1. The van der Waals surface area contributed by atoms with E-state index in [1.807, 2.05) is 66.4 Å². The summed E-state index contributed by atoms with van der Waals surface area (Å²) in [7, 11) is 0. The van der Waals surface area contributed by atoms with E-state index in [4.69, 9.17) is 4.74 Å². The number of hydrogen-bond donors (Lipinski definition) is 4. The average molecular weight is 530 g/mol. The van der Waals surface area contributed by atoms with Gasteiger partial charge in [0, 0.05) is 36.7 Å². The van der Waals surface area contributed by atoms with Crippen LogP contribution in [0.3, 0.4) is 0 Å². The molecule has 0 aliphatic heterocycles. The summed E-state index contributed by atoms with van der Waals surface area (Å²) in [5.74, 6) is 0.786. The third-order valence-corrected chi connectivity index (χ3v) is 6.65. The van der Waals surface area contributed by atoms with Crippen molar-refractivity contribution in [3.8, 4) is 11.5 Å². The Kier molecular flexibility index (Phi) is 9.72. The van der Waals surface area contributed by atoms with Crippen LogP contribution in [0.2, 0.25) is 0 Å². The molecule has 204 valence electrons. The van der Waals surface area contributed by atoms with E-state index in [0.717, 1.165) is 24.2 Å². The molecular formula is C31H35N3O5. The van der Waals surface area contributed by atoms with Crippen molar-refractivity contribution in [3.63, 3.8) is 0 Å². The molecule has 39 heavy (non-hydrogen) atoms. The zero-order chi connectivity index (χ0) is 27.6. The maximum absolute atomic E-state index is 13.0. The number of aromatic hydroxyl groups is 1. The molecule has 0 aliphatic rings. The molecule has 1 aromatic heterocycles. The van der Waals surface area contributed by atoms with E-state index in [-0.39, 0.29) is 17.2 Å². The fourth-order valence-corrected chi connectivity index (χ4v) is 4.46. The molecule has 1 atom stereocenters. The zero-order valence-electron chi connectivity index (χ0n) is 22.1. The van der Waals surface area contributed by atoms with Crippen molar-refractivity contribution < 1.29 is 19.7 Å². The first kappa shape index (κ1) is 27.9. The Morgan fingerprint density at radius 1 is 1.00 bits per heavy atom. The molecule has 0 saturated heterocycles. The number of carbonyl (C=O) groups is 1. The van der Waals surface area contributed by atoms with Crippen LogP contribution in [0.1, 0.15) is 47.4 Å².